The molecule has 3 nitrogen and oxygen atoms in total. The quantitative estimate of drug-likeness (QED) is 0.757. The Morgan fingerprint density at radius 1 is 1.25 bits per heavy atom. The Labute approximate surface area is 120 Å². The van der Waals surface area contributed by atoms with Crippen LogP contribution in [0.2, 0.25) is 0 Å². The number of halogens is 2. The first kappa shape index (κ1) is 13.4. The fourth-order valence-electron chi connectivity index (χ4n) is 1.37. The molecular formula is C8H9Br2NO2S3. The van der Waals surface area contributed by atoms with Gasteiger partial charge in [-0.25, -0.2) is 8.42 Å². The molecule has 0 aliphatic carbocycles. The number of thioether (sulfide) groups is 1. The third kappa shape index (κ3) is 2.67. The van der Waals surface area contributed by atoms with Crippen LogP contribution in [0.15, 0.2) is 18.5 Å². The summed E-state index contributed by atoms with van der Waals surface area (Å²) >= 11 is 9.67. The summed E-state index contributed by atoms with van der Waals surface area (Å²) < 4.78 is 28.1. The Balaban J connectivity index is 2.30. The van der Waals surface area contributed by atoms with Crippen molar-refractivity contribution in [3.63, 3.8) is 0 Å². The van der Waals surface area contributed by atoms with E-state index in [1.54, 1.807) is 22.1 Å². The summed E-state index contributed by atoms with van der Waals surface area (Å²) in [5.74, 6) is 1.76. The van der Waals surface area contributed by atoms with E-state index in [1.165, 1.54) is 11.3 Å². The Hall–Kier alpha value is 0.920. The van der Waals surface area contributed by atoms with E-state index in [1.807, 2.05) is 0 Å². The van der Waals surface area contributed by atoms with E-state index in [0.29, 0.717) is 17.3 Å². The van der Waals surface area contributed by atoms with Gasteiger partial charge >= 0.3 is 0 Å². The highest BCUT2D eigenvalue weighted by atomic mass is 79.9. The molecule has 0 radical (unpaired) electrons. The van der Waals surface area contributed by atoms with E-state index < -0.39 is 10.0 Å². The van der Waals surface area contributed by atoms with E-state index in [9.17, 15) is 8.42 Å². The number of sulfonamides is 1. The lowest BCUT2D eigenvalue weighted by Gasteiger charge is -2.24. The maximum atomic E-state index is 12.2. The molecule has 2 rings (SSSR count). The number of hydrogen-bond donors (Lipinski definition) is 0. The molecule has 1 aromatic rings. The molecule has 0 unspecified atom stereocenters. The van der Waals surface area contributed by atoms with E-state index in [4.69, 9.17) is 0 Å². The van der Waals surface area contributed by atoms with Crippen LogP contribution in [-0.2, 0) is 10.0 Å². The normalized spacial score (nSPS) is 18.9. The van der Waals surface area contributed by atoms with Gasteiger partial charge in [0.15, 0.2) is 0 Å². The molecule has 0 N–H and O–H groups in total. The van der Waals surface area contributed by atoms with Crippen LogP contribution in [-0.4, -0.2) is 37.3 Å². The van der Waals surface area contributed by atoms with Gasteiger partial charge in [0.2, 0.25) is 0 Å². The first-order chi connectivity index (χ1) is 7.51. The highest BCUT2D eigenvalue weighted by Gasteiger charge is 2.28. The van der Waals surface area contributed by atoms with Gasteiger partial charge in [0.25, 0.3) is 10.0 Å². The second-order valence-electron chi connectivity index (χ2n) is 3.20. The zero-order valence-corrected chi connectivity index (χ0v) is 13.8. The highest BCUT2D eigenvalue weighted by Crippen LogP contribution is 2.36. The summed E-state index contributed by atoms with van der Waals surface area (Å²) in [4.78, 5) is 0. The molecule has 1 aliphatic rings. The molecule has 2 heterocycles. The zero-order chi connectivity index (χ0) is 11.8. The van der Waals surface area contributed by atoms with Crippen molar-refractivity contribution in [2.75, 3.05) is 24.6 Å². The standard InChI is InChI=1S/C8H9Br2NO2S3/c9-6-5-7(15-8(6)10)16(12,13)11-1-3-14-4-2-11/h5H,1-4H2. The molecule has 0 amide bonds. The number of thiophene rings is 1. The van der Waals surface area contributed by atoms with Crippen LogP contribution in [0.1, 0.15) is 0 Å². The molecule has 0 spiro atoms. The van der Waals surface area contributed by atoms with Gasteiger partial charge in [-0.15, -0.1) is 11.3 Å². The van der Waals surface area contributed by atoms with Crippen molar-refractivity contribution >= 4 is 65.0 Å². The minimum Gasteiger partial charge on any atom is -0.206 e. The van der Waals surface area contributed by atoms with Gasteiger partial charge in [-0.3, -0.25) is 0 Å². The molecular weight excluding hydrogens is 398 g/mol. The summed E-state index contributed by atoms with van der Waals surface area (Å²) in [5.41, 5.74) is 0. The molecule has 1 saturated heterocycles. The Morgan fingerprint density at radius 3 is 2.38 bits per heavy atom. The molecule has 16 heavy (non-hydrogen) atoms. The smallest absolute Gasteiger partial charge is 0.206 e. The summed E-state index contributed by atoms with van der Waals surface area (Å²) in [7, 11) is -3.29. The van der Waals surface area contributed by atoms with Crippen molar-refractivity contribution in [1.29, 1.82) is 0 Å². The van der Waals surface area contributed by atoms with Crippen molar-refractivity contribution in [1.82, 2.24) is 4.31 Å². The predicted molar refractivity (Wildman–Crippen MR) is 75.8 cm³/mol. The molecule has 0 saturated carbocycles. The number of nitrogens with zero attached hydrogens (tertiary/aromatic N) is 1. The van der Waals surface area contributed by atoms with E-state index in [0.717, 1.165) is 19.8 Å². The average molecular weight is 407 g/mol. The summed E-state index contributed by atoms with van der Waals surface area (Å²) in [5, 5.41) is 0. The SMILES string of the molecule is O=S(=O)(c1cc(Br)c(Br)s1)N1CCSCC1. The van der Waals surface area contributed by atoms with Crippen LogP contribution < -0.4 is 0 Å². The lowest BCUT2D eigenvalue weighted by Crippen LogP contribution is -2.37. The van der Waals surface area contributed by atoms with Crippen molar-refractivity contribution in [2.24, 2.45) is 0 Å². The van der Waals surface area contributed by atoms with Crippen LogP contribution in [0.5, 0.6) is 0 Å². The van der Waals surface area contributed by atoms with Gasteiger partial charge in [-0.1, -0.05) is 0 Å². The van der Waals surface area contributed by atoms with E-state index in [2.05, 4.69) is 31.9 Å². The summed E-state index contributed by atoms with van der Waals surface area (Å²) in [6.45, 7) is 1.22. The monoisotopic (exact) mass is 405 g/mol. The number of rotatable bonds is 2. The van der Waals surface area contributed by atoms with Crippen molar-refractivity contribution in [2.45, 2.75) is 4.21 Å². The lowest BCUT2D eigenvalue weighted by atomic mass is 10.6. The minimum atomic E-state index is -3.29. The van der Waals surface area contributed by atoms with Crippen LogP contribution in [0.4, 0.5) is 0 Å². The highest BCUT2D eigenvalue weighted by molar-refractivity contribution is 9.13. The largest absolute Gasteiger partial charge is 0.252 e. The molecule has 8 heteroatoms. The second kappa shape index (κ2) is 5.27. The van der Waals surface area contributed by atoms with Crippen molar-refractivity contribution in [3.8, 4) is 0 Å². The average Bonchev–Trinajstić information content (AvgIpc) is 2.61. The first-order valence-corrected chi connectivity index (χ1v) is 9.54. The van der Waals surface area contributed by atoms with Gasteiger partial charge in [0.1, 0.15) is 4.21 Å². The molecule has 0 bridgehead atoms. The molecule has 0 atom stereocenters. The fourth-order valence-corrected chi connectivity index (χ4v) is 6.92. The Kier molecular flexibility index (Phi) is 4.40. The molecule has 0 aromatic carbocycles. The van der Waals surface area contributed by atoms with Gasteiger partial charge in [0.05, 0.1) is 3.79 Å². The maximum Gasteiger partial charge on any atom is 0.252 e. The zero-order valence-electron chi connectivity index (χ0n) is 8.15. The minimum absolute atomic E-state index is 0.401. The second-order valence-corrected chi connectivity index (χ2v) is 9.82. The topological polar surface area (TPSA) is 37.4 Å². The van der Waals surface area contributed by atoms with Gasteiger partial charge < -0.3 is 0 Å². The van der Waals surface area contributed by atoms with Crippen molar-refractivity contribution in [3.05, 3.63) is 14.3 Å². The van der Waals surface area contributed by atoms with Gasteiger partial charge in [-0.05, 0) is 37.9 Å². The van der Waals surface area contributed by atoms with E-state index in [-0.39, 0.29) is 0 Å². The Bertz CT molecular complexity index is 460. The third-order valence-corrected chi connectivity index (χ3v) is 8.73. The predicted octanol–water partition coefficient (Wildman–Crippen LogP) is 3.01. The Morgan fingerprint density at radius 2 is 1.88 bits per heavy atom. The first-order valence-electron chi connectivity index (χ1n) is 4.54. The summed E-state index contributed by atoms with van der Waals surface area (Å²) in [6, 6.07) is 1.66. The molecule has 90 valence electrons. The van der Waals surface area contributed by atoms with Gasteiger partial charge in [-0.2, -0.15) is 16.1 Å². The molecule has 1 fully saturated rings. The fraction of sp³-hybridized carbons (Fsp3) is 0.500. The van der Waals surface area contributed by atoms with Gasteiger partial charge in [0, 0.05) is 29.1 Å². The van der Waals surface area contributed by atoms with Crippen LogP contribution in [0, 0.1) is 0 Å². The molecule has 1 aliphatic heterocycles. The maximum absolute atomic E-state index is 12.2. The number of hydrogen-bond acceptors (Lipinski definition) is 4. The van der Waals surface area contributed by atoms with Crippen molar-refractivity contribution < 1.29 is 8.42 Å². The lowest BCUT2D eigenvalue weighted by molar-refractivity contribution is 0.445. The van der Waals surface area contributed by atoms with E-state index >= 15 is 0 Å². The van der Waals surface area contributed by atoms with Crippen LogP contribution in [0.3, 0.4) is 0 Å². The molecule has 1 aromatic heterocycles. The van der Waals surface area contributed by atoms with Crippen LogP contribution in [0.25, 0.3) is 0 Å². The third-order valence-electron chi connectivity index (χ3n) is 2.19. The summed E-state index contributed by atoms with van der Waals surface area (Å²) in [6.07, 6.45) is 0. The van der Waals surface area contributed by atoms with Crippen LogP contribution >= 0.6 is 55.0 Å².